The molecule has 0 radical (unpaired) electrons. The predicted molar refractivity (Wildman–Crippen MR) is 85.4 cm³/mol. The van der Waals surface area contributed by atoms with E-state index < -0.39 is 11.8 Å². The molecule has 3 amide bonds. The predicted octanol–water partition coefficient (Wildman–Crippen LogP) is 2.43. The Morgan fingerprint density at radius 1 is 1.00 bits per heavy atom. The summed E-state index contributed by atoms with van der Waals surface area (Å²) in [5, 5.41) is 4.94. The number of nitrogens with one attached hydrogen (secondary N) is 2. The van der Waals surface area contributed by atoms with E-state index in [0.29, 0.717) is 16.8 Å². The third kappa shape index (κ3) is 2.54. The van der Waals surface area contributed by atoms with Crippen molar-refractivity contribution < 1.29 is 14.4 Å². The lowest BCUT2D eigenvalue weighted by atomic mass is 10.1. The third-order valence-corrected chi connectivity index (χ3v) is 4.05. The summed E-state index contributed by atoms with van der Waals surface area (Å²) in [4.78, 5) is 35.2. The maximum absolute atomic E-state index is 12.2. The molecule has 1 aliphatic heterocycles. The van der Waals surface area contributed by atoms with Gasteiger partial charge in [0.25, 0.3) is 17.7 Å². The van der Waals surface area contributed by atoms with Crippen molar-refractivity contribution in [1.29, 1.82) is 0 Å². The molecule has 0 atom stereocenters. The molecule has 0 spiro atoms. The lowest BCUT2D eigenvalue weighted by Crippen LogP contribution is -2.19. The van der Waals surface area contributed by atoms with Crippen LogP contribution in [0.2, 0.25) is 0 Å². The van der Waals surface area contributed by atoms with E-state index in [1.54, 1.807) is 18.2 Å². The highest BCUT2D eigenvalue weighted by atomic mass is 127. The highest BCUT2D eigenvalue weighted by Gasteiger charge is 2.26. The van der Waals surface area contributed by atoms with Gasteiger partial charge in [0.2, 0.25) is 0 Å². The molecule has 0 aliphatic carbocycles. The SMILES string of the molecule is O=C(Nc1ccc2c(c1)C(=O)NC2=O)c1ccccc1I. The minimum absolute atomic E-state index is 0.260. The molecule has 3 rings (SSSR count). The molecule has 0 saturated carbocycles. The molecule has 1 aliphatic rings. The topological polar surface area (TPSA) is 75.3 Å². The van der Waals surface area contributed by atoms with E-state index in [4.69, 9.17) is 0 Å². The van der Waals surface area contributed by atoms with Gasteiger partial charge < -0.3 is 5.32 Å². The fourth-order valence-electron chi connectivity index (χ4n) is 2.09. The highest BCUT2D eigenvalue weighted by Crippen LogP contribution is 2.21. The quantitative estimate of drug-likeness (QED) is 0.609. The first-order valence-electron chi connectivity index (χ1n) is 6.12. The van der Waals surface area contributed by atoms with Crippen molar-refractivity contribution >= 4 is 46.0 Å². The van der Waals surface area contributed by atoms with E-state index in [2.05, 4.69) is 33.2 Å². The fraction of sp³-hybridized carbons (Fsp3) is 0. The maximum atomic E-state index is 12.2. The molecule has 0 bridgehead atoms. The summed E-state index contributed by atoms with van der Waals surface area (Å²) in [5.41, 5.74) is 1.63. The van der Waals surface area contributed by atoms with E-state index in [1.165, 1.54) is 12.1 Å². The Kier molecular flexibility index (Phi) is 3.46. The molecule has 0 saturated heterocycles. The molecule has 104 valence electrons. The number of hydrogen-bond donors (Lipinski definition) is 2. The van der Waals surface area contributed by atoms with Gasteiger partial charge >= 0.3 is 0 Å². The van der Waals surface area contributed by atoms with Crippen molar-refractivity contribution in [1.82, 2.24) is 5.32 Å². The summed E-state index contributed by atoms with van der Waals surface area (Å²) in [6.07, 6.45) is 0. The van der Waals surface area contributed by atoms with Crippen molar-refractivity contribution in [3.8, 4) is 0 Å². The molecule has 0 aromatic heterocycles. The van der Waals surface area contributed by atoms with Crippen LogP contribution in [-0.2, 0) is 0 Å². The Morgan fingerprint density at radius 2 is 1.71 bits per heavy atom. The largest absolute Gasteiger partial charge is 0.322 e. The van der Waals surface area contributed by atoms with Crippen molar-refractivity contribution in [3.05, 3.63) is 62.7 Å². The summed E-state index contributed by atoms with van der Waals surface area (Å²) < 4.78 is 0.835. The van der Waals surface area contributed by atoms with Crippen LogP contribution in [0, 0.1) is 3.57 Å². The van der Waals surface area contributed by atoms with Gasteiger partial charge in [-0.1, -0.05) is 12.1 Å². The Hall–Kier alpha value is -2.22. The summed E-state index contributed by atoms with van der Waals surface area (Å²) in [6.45, 7) is 0. The minimum atomic E-state index is -0.444. The number of anilines is 1. The van der Waals surface area contributed by atoms with Crippen molar-refractivity contribution in [2.24, 2.45) is 0 Å². The van der Waals surface area contributed by atoms with Crippen LogP contribution in [0.5, 0.6) is 0 Å². The van der Waals surface area contributed by atoms with Crippen LogP contribution < -0.4 is 10.6 Å². The van der Waals surface area contributed by atoms with Crippen LogP contribution in [0.3, 0.4) is 0 Å². The van der Waals surface area contributed by atoms with E-state index in [0.717, 1.165) is 3.57 Å². The molecule has 21 heavy (non-hydrogen) atoms. The lowest BCUT2D eigenvalue weighted by molar-refractivity contribution is 0.0878. The number of fused-ring (bicyclic) bond motifs is 1. The molecular formula is C15H9IN2O3. The maximum Gasteiger partial charge on any atom is 0.259 e. The summed E-state index contributed by atoms with van der Waals surface area (Å²) in [6, 6.07) is 11.8. The number of rotatable bonds is 2. The number of carbonyl (C=O) groups excluding carboxylic acids is 3. The van der Waals surface area contributed by atoms with E-state index in [1.807, 2.05) is 12.1 Å². The summed E-state index contributed by atoms with van der Waals surface area (Å²) >= 11 is 2.08. The van der Waals surface area contributed by atoms with Crippen LogP contribution in [-0.4, -0.2) is 17.7 Å². The third-order valence-electron chi connectivity index (χ3n) is 3.11. The lowest BCUT2D eigenvalue weighted by Gasteiger charge is -2.07. The fourth-order valence-corrected chi connectivity index (χ4v) is 2.72. The van der Waals surface area contributed by atoms with Gasteiger partial charge in [-0.15, -0.1) is 0 Å². The van der Waals surface area contributed by atoms with Gasteiger partial charge in [-0.05, 0) is 52.9 Å². The number of hydrogen-bond acceptors (Lipinski definition) is 3. The molecule has 0 unspecified atom stereocenters. The average molecular weight is 392 g/mol. The van der Waals surface area contributed by atoms with Gasteiger partial charge in [-0.2, -0.15) is 0 Å². The van der Waals surface area contributed by atoms with Gasteiger partial charge in [0, 0.05) is 9.26 Å². The second kappa shape index (κ2) is 5.28. The first kappa shape index (κ1) is 13.7. The summed E-state index contributed by atoms with van der Waals surface area (Å²) in [7, 11) is 0. The van der Waals surface area contributed by atoms with Gasteiger partial charge in [0.15, 0.2) is 0 Å². The van der Waals surface area contributed by atoms with Gasteiger partial charge in [0.1, 0.15) is 0 Å². The van der Waals surface area contributed by atoms with Crippen LogP contribution >= 0.6 is 22.6 Å². The normalized spacial score (nSPS) is 12.8. The van der Waals surface area contributed by atoms with Gasteiger partial charge in [0.05, 0.1) is 16.7 Å². The Balaban J connectivity index is 1.88. The molecule has 6 heteroatoms. The Bertz CT molecular complexity index is 786. The minimum Gasteiger partial charge on any atom is -0.322 e. The molecule has 2 N–H and O–H groups in total. The van der Waals surface area contributed by atoms with Gasteiger partial charge in [-0.3, -0.25) is 19.7 Å². The smallest absolute Gasteiger partial charge is 0.259 e. The number of halogens is 1. The van der Waals surface area contributed by atoms with Crippen LogP contribution in [0.25, 0.3) is 0 Å². The molecule has 1 heterocycles. The monoisotopic (exact) mass is 392 g/mol. The first-order chi connectivity index (χ1) is 10.1. The standard InChI is InChI=1S/C15H9IN2O3/c16-12-4-2-1-3-10(12)14(20)17-8-5-6-9-11(7-8)15(21)18-13(9)19/h1-7H,(H,17,20)(H,18,19,21). The molecule has 2 aromatic carbocycles. The number of imide groups is 1. The second-order valence-electron chi connectivity index (χ2n) is 4.48. The van der Waals surface area contributed by atoms with Crippen LogP contribution in [0.1, 0.15) is 31.1 Å². The zero-order valence-electron chi connectivity index (χ0n) is 10.6. The van der Waals surface area contributed by atoms with Crippen molar-refractivity contribution in [2.45, 2.75) is 0 Å². The molecule has 2 aromatic rings. The molecule has 0 fully saturated rings. The zero-order valence-corrected chi connectivity index (χ0v) is 12.8. The average Bonchev–Trinajstić information content (AvgIpc) is 2.74. The van der Waals surface area contributed by atoms with Crippen molar-refractivity contribution in [3.63, 3.8) is 0 Å². The van der Waals surface area contributed by atoms with E-state index in [-0.39, 0.29) is 11.5 Å². The zero-order chi connectivity index (χ0) is 15.0. The second-order valence-corrected chi connectivity index (χ2v) is 5.64. The number of amides is 3. The van der Waals surface area contributed by atoms with Crippen molar-refractivity contribution in [2.75, 3.05) is 5.32 Å². The number of carbonyl (C=O) groups is 3. The van der Waals surface area contributed by atoms with E-state index >= 15 is 0 Å². The Morgan fingerprint density at radius 3 is 2.48 bits per heavy atom. The van der Waals surface area contributed by atoms with E-state index in [9.17, 15) is 14.4 Å². The van der Waals surface area contributed by atoms with Crippen LogP contribution in [0.15, 0.2) is 42.5 Å². The first-order valence-corrected chi connectivity index (χ1v) is 7.20. The van der Waals surface area contributed by atoms with Gasteiger partial charge in [-0.25, -0.2) is 0 Å². The van der Waals surface area contributed by atoms with Crippen LogP contribution in [0.4, 0.5) is 5.69 Å². The molecule has 5 nitrogen and oxygen atoms in total. The molecular weight excluding hydrogens is 383 g/mol. The summed E-state index contributed by atoms with van der Waals surface area (Å²) in [5.74, 6) is -1.12. The number of benzene rings is 2. The Labute approximate surface area is 133 Å². The highest BCUT2D eigenvalue weighted by molar-refractivity contribution is 14.1.